The van der Waals surface area contributed by atoms with Crippen molar-refractivity contribution in [3.63, 3.8) is 0 Å². The molecule has 0 atom stereocenters. The molecule has 1 aromatic heterocycles. The van der Waals surface area contributed by atoms with Crippen molar-refractivity contribution in [3.8, 4) is 16.9 Å². The van der Waals surface area contributed by atoms with Crippen LogP contribution < -0.4 is 4.74 Å². The smallest absolute Gasteiger partial charge is 0.354 e. The van der Waals surface area contributed by atoms with E-state index in [0.717, 1.165) is 20.4 Å². The van der Waals surface area contributed by atoms with E-state index >= 15 is 0 Å². The molecule has 2 aromatic rings. The van der Waals surface area contributed by atoms with Crippen LogP contribution >= 0.6 is 22.6 Å². The number of nitrogens with zero attached hydrogens (tertiary/aromatic N) is 1. The number of ether oxygens (including phenoxy) is 1. The minimum atomic E-state index is -1.01. The van der Waals surface area contributed by atoms with E-state index in [0.29, 0.717) is 5.69 Å². The lowest BCUT2D eigenvalue weighted by atomic mass is 10.0. The lowest BCUT2D eigenvalue weighted by Crippen LogP contribution is -2.02. The molecule has 0 fully saturated rings. The van der Waals surface area contributed by atoms with Crippen LogP contribution in [0.3, 0.4) is 0 Å². The molecule has 0 saturated carbocycles. The van der Waals surface area contributed by atoms with Crippen molar-refractivity contribution in [2.75, 3.05) is 7.11 Å². The molecule has 1 N–H and O–H groups in total. The molecule has 19 heavy (non-hydrogen) atoms. The number of carboxylic acids is 1. The van der Waals surface area contributed by atoms with Gasteiger partial charge < -0.3 is 9.84 Å². The highest BCUT2D eigenvalue weighted by atomic mass is 127. The van der Waals surface area contributed by atoms with Crippen molar-refractivity contribution in [1.29, 1.82) is 0 Å². The second kappa shape index (κ2) is 5.56. The third kappa shape index (κ3) is 2.86. The zero-order valence-corrected chi connectivity index (χ0v) is 12.6. The number of hydrogen-bond donors (Lipinski definition) is 1. The Morgan fingerprint density at radius 2 is 2.05 bits per heavy atom. The lowest BCUT2D eigenvalue weighted by Gasteiger charge is -2.09. The fourth-order valence-electron chi connectivity index (χ4n) is 1.82. The van der Waals surface area contributed by atoms with Crippen LogP contribution in [0.4, 0.5) is 0 Å². The lowest BCUT2D eigenvalue weighted by molar-refractivity contribution is 0.0690. The molecule has 0 saturated heterocycles. The molecule has 0 bridgehead atoms. The Hall–Kier alpha value is -1.63. The molecule has 5 heteroatoms. The maximum absolute atomic E-state index is 10.9. The van der Waals surface area contributed by atoms with Gasteiger partial charge in [0.1, 0.15) is 11.4 Å². The summed E-state index contributed by atoms with van der Waals surface area (Å²) >= 11 is 2.20. The molecule has 0 radical (unpaired) electrons. The summed E-state index contributed by atoms with van der Waals surface area (Å²) in [5.74, 6) is -0.198. The van der Waals surface area contributed by atoms with E-state index in [9.17, 15) is 4.79 Å². The monoisotopic (exact) mass is 369 g/mol. The van der Waals surface area contributed by atoms with E-state index in [4.69, 9.17) is 9.84 Å². The highest BCUT2D eigenvalue weighted by Gasteiger charge is 2.10. The predicted molar refractivity (Wildman–Crippen MR) is 80.6 cm³/mol. The van der Waals surface area contributed by atoms with Gasteiger partial charge in [0.15, 0.2) is 0 Å². The number of rotatable bonds is 3. The second-order valence-corrected chi connectivity index (χ2v) is 5.15. The number of hydrogen-bond acceptors (Lipinski definition) is 3. The Labute approximate surface area is 124 Å². The van der Waals surface area contributed by atoms with Gasteiger partial charge in [-0.15, -0.1) is 0 Å². The normalized spacial score (nSPS) is 10.3. The standard InChI is InChI=1S/C14H12INO3/c1-8-10(4-5-12(16-8)14(17)18)9-3-6-13(19-2)11(15)7-9/h3-7H,1-2H3,(H,17,18). The molecule has 2 rings (SSSR count). The average Bonchev–Trinajstić information content (AvgIpc) is 2.38. The number of aromatic carboxylic acids is 1. The van der Waals surface area contributed by atoms with Crippen molar-refractivity contribution in [3.05, 3.63) is 45.3 Å². The highest BCUT2D eigenvalue weighted by Crippen LogP contribution is 2.29. The number of pyridine rings is 1. The van der Waals surface area contributed by atoms with Gasteiger partial charge in [-0.1, -0.05) is 12.1 Å². The quantitative estimate of drug-likeness (QED) is 0.843. The topological polar surface area (TPSA) is 59.4 Å². The first kappa shape index (κ1) is 13.8. The number of aryl methyl sites for hydroxylation is 1. The van der Waals surface area contributed by atoms with Gasteiger partial charge in [-0.2, -0.15) is 0 Å². The first-order valence-corrected chi connectivity index (χ1v) is 6.65. The Morgan fingerprint density at radius 1 is 1.32 bits per heavy atom. The number of benzene rings is 1. The summed E-state index contributed by atoms with van der Waals surface area (Å²) in [6.07, 6.45) is 0. The minimum Gasteiger partial charge on any atom is -0.496 e. The summed E-state index contributed by atoms with van der Waals surface area (Å²) in [6.45, 7) is 1.80. The highest BCUT2D eigenvalue weighted by molar-refractivity contribution is 14.1. The van der Waals surface area contributed by atoms with Crippen LogP contribution in [0, 0.1) is 10.5 Å². The molecule has 0 unspecified atom stereocenters. The number of carbonyl (C=O) groups is 1. The summed E-state index contributed by atoms with van der Waals surface area (Å²) in [5.41, 5.74) is 2.67. The third-order valence-electron chi connectivity index (χ3n) is 2.77. The van der Waals surface area contributed by atoms with Crippen LogP contribution in [0.2, 0.25) is 0 Å². The molecule has 1 aromatic carbocycles. The molecule has 0 spiro atoms. The van der Waals surface area contributed by atoms with Gasteiger partial charge in [-0.3, -0.25) is 0 Å². The zero-order chi connectivity index (χ0) is 14.0. The van der Waals surface area contributed by atoms with Gasteiger partial charge in [0.05, 0.1) is 10.7 Å². The SMILES string of the molecule is COc1ccc(-c2ccc(C(=O)O)nc2C)cc1I. The molecule has 0 aliphatic carbocycles. The summed E-state index contributed by atoms with van der Waals surface area (Å²) in [7, 11) is 1.63. The molecule has 0 aliphatic rings. The van der Waals surface area contributed by atoms with Gasteiger partial charge >= 0.3 is 5.97 Å². The van der Waals surface area contributed by atoms with E-state index in [1.807, 2.05) is 18.2 Å². The van der Waals surface area contributed by atoms with Crippen LogP contribution in [0.25, 0.3) is 11.1 Å². The second-order valence-electron chi connectivity index (χ2n) is 3.98. The fourth-order valence-corrected chi connectivity index (χ4v) is 2.55. The summed E-state index contributed by atoms with van der Waals surface area (Å²) in [6, 6.07) is 9.11. The summed E-state index contributed by atoms with van der Waals surface area (Å²) in [4.78, 5) is 14.9. The molecule has 1 heterocycles. The first-order chi connectivity index (χ1) is 9.02. The van der Waals surface area contributed by atoms with Crippen LogP contribution in [0.5, 0.6) is 5.75 Å². The number of aromatic nitrogens is 1. The number of carboxylic acid groups (broad SMARTS) is 1. The maximum atomic E-state index is 10.9. The van der Waals surface area contributed by atoms with Crippen LogP contribution in [0.1, 0.15) is 16.2 Å². The van der Waals surface area contributed by atoms with Gasteiger partial charge in [0.25, 0.3) is 0 Å². The molecule has 4 nitrogen and oxygen atoms in total. The van der Waals surface area contributed by atoms with Crippen molar-refractivity contribution in [2.24, 2.45) is 0 Å². The van der Waals surface area contributed by atoms with Gasteiger partial charge in [-0.25, -0.2) is 9.78 Å². The van der Waals surface area contributed by atoms with Crippen molar-refractivity contribution < 1.29 is 14.6 Å². The van der Waals surface area contributed by atoms with E-state index in [1.54, 1.807) is 20.1 Å². The Kier molecular flexibility index (Phi) is 4.04. The summed E-state index contributed by atoms with van der Waals surface area (Å²) in [5, 5.41) is 8.90. The van der Waals surface area contributed by atoms with Crippen molar-refractivity contribution in [1.82, 2.24) is 4.98 Å². The maximum Gasteiger partial charge on any atom is 0.354 e. The predicted octanol–water partition coefficient (Wildman–Crippen LogP) is 3.37. The van der Waals surface area contributed by atoms with Crippen molar-refractivity contribution >= 4 is 28.6 Å². The third-order valence-corrected chi connectivity index (χ3v) is 3.61. The first-order valence-electron chi connectivity index (χ1n) is 5.58. The summed E-state index contributed by atoms with van der Waals surface area (Å²) < 4.78 is 6.22. The average molecular weight is 369 g/mol. The molecule has 98 valence electrons. The largest absolute Gasteiger partial charge is 0.496 e. The van der Waals surface area contributed by atoms with E-state index in [1.165, 1.54) is 6.07 Å². The molecular formula is C14H12INO3. The molecular weight excluding hydrogens is 357 g/mol. The Balaban J connectivity index is 2.47. The van der Waals surface area contributed by atoms with Crippen LogP contribution in [-0.4, -0.2) is 23.2 Å². The van der Waals surface area contributed by atoms with Gasteiger partial charge in [-0.05, 0) is 53.3 Å². The van der Waals surface area contributed by atoms with Crippen LogP contribution in [0.15, 0.2) is 30.3 Å². The molecule has 0 aliphatic heterocycles. The number of methoxy groups -OCH3 is 1. The Morgan fingerprint density at radius 3 is 2.58 bits per heavy atom. The van der Waals surface area contributed by atoms with Gasteiger partial charge in [0, 0.05) is 11.3 Å². The van der Waals surface area contributed by atoms with Gasteiger partial charge in [0.2, 0.25) is 0 Å². The van der Waals surface area contributed by atoms with E-state index in [-0.39, 0.29) is 5.69 Å². The minimum absolute atomic E-state index is 0.0597. The fraction of sp³-hybridized carbons (Fsp3) is 0.143. The van der Waals surface area contributed by atoms with Crippen LogP contribution in [-0.2, 0) is 0 Å². The van der Waals surface area contributed by atoms with Crippen molar-refractivity contribution in [2.45, 2.75) is 6.92 Å². The van der Waals surface area contributed by atoms with E-state index < -0.39 is 5.97 Å². The molecule has 0 amide bonds. The number of halogens is 1. The zero-order valence-electron chi connectivity index (χ0n) is 10.5. The van der Waals surface area contributed by atoms with E-state index in [2.05, 4.69) is 27.6 Å². The Bertz CT molecular complexity index is 641.